The zero-order chi connectivity index (χ0) is 15.6. The Morgan fingerprint density at radius 3 is 2.76 bits per heavy atom. The number of nitrogens with two attached hydrogens (primary N) is 1. The van der Waals surface area contributed by atoms with Crippen molar-refractivity contribution in [2.45, 2.75) is 27.2 Å². The fourth-order valence-corrected chi connectivity index (χ4v) is 2.55. The van der Waals surface area contributed by atoms with Gasteiger partial charge < -0.3 is 10.5 Å². The topological polar surface area (TPSA) is 70.1 Å². The second kappa shape index (κ2) is 6.30. The molecular formula is C15H18BrN3O2. The number of benzene rings is 1. The molecule has 0 aliphatic carbocycles. The van der Waals surface area contributed by atoms with Crippen molar-refractivity contribution >= 4 is 27.7 Å². The molecular weight excluding hydrogens is 334 g/mol. The Morgan fingerprint density at radius 2 is 2.14 bits per heavy atom. The van der Waals surface area contributed by atoms with Crippen molar-refractivity contribution in [2.24, 2.45) is 0 Å². The lowest BCUT2D eigenvalue weighted by Gasteiger charge is -2.12. The lowest BCUT2D eigenvalue weighted by atomic mass is 10.2. The Bertz CT molecular complexity index is 680. The van der Waals surface area contributed by atoms with E-state index in [0.29, 0.717) is 18.8 Å². The Morgan fingerprint density at radius 1 is 1.43 bits per heavy atom. The third kappa shape index (κ3) is 2.95. The Hall–Kier alpha value is -1.82. The number of aryl methyl sites for hydroxylation is 2. The molecule has 1 aromatic carbocycles. The lowest BCUT2D eigenvalue weighted by Crippen LogP contribution is -2.10. The van der Waals surface area contributed by atoms with Gasteiger partial charge >= 0.3 is 5.97 Å². The van der Waals surface area contributed by atoms with Gasteiger partial charge in [0.1, 0.15) is 11.6 Å². The standard InChI is InChI=1S/C15H18BrN3O2/c1-4-12-18-13(15(20)21-5-2)14(17)19(12)11-8-9(3)6-7-10(11)16/h6-8H,4-5,17H2,1-3H3. The van der Waals surface area contributed by atoms with Gasteiger partial charge in [0.2, 0.25) is 0 Å². The number of esters is 1. The van der Waals surface area contributed by atoms with Crippen LogP contribution in [0, 0.1) is 6.92 Å². The van der Waals surface area contributed by atoms with Gasteiger partial charge in [-0.2, -0.15) is 0 Å². The second-order valence-electron chi connectivity index (χ2n) is 4.63. The molecule has 0 fully saturated rings. The first-order valence-electron chi connectivity index (χ1n) is 6.80. The first-order valence-corrected chi connectivity index (χ1v) is 7.59. The maximum atomic E-state index is 11.9. The predicted molar refractivity (Wildman–Crippen MR) is 85.7 cm³/mol. The van der Waals surface area contributed by atoms with Gasteiger partial charge in [0.25, 0.3) is 0 Å². The van der Waals surface area contributed by atoms with Crippen molar-refractivity contribution in [3.63, 3.8) is 0 Å². The molecule has 0 radical (unpaired) electrons. The monoisotopic (exact) mass is 351 g/mol. The molecule has 0 amide bonds. The second-order valence-corrected chi connectivity index (χ2v) is 5.48. The summed E-state index contributed by atoms with van der Waals surface area (Å²) in [6, 6.07) is 5.95. The number of nitrogen functional groups attached to an aromatic ring is 1. The summed E-state index contributed by atoms with van der Waals surface area (Å²) in [5.74, 6) is 0.533. The Labute approximate surface area is 132 Å². The number of carbonyl (C=O) groups is 1. The van der Waals surface area contributed by atoms with E-state index in [9.17, 15) is 4.79 Å². The van der Waals surface area contributed by atoms with Crippen molar-refractivity contribution < 1.29 is 9.53 Å². The highest BCUT2D eigenvalue weighted by molar-refractivity contribution is 9.10. The summed E-state index contributed by atoms with van der Waals surface area (Å²) in [6.45, 7) is 6.02. The molecule has 0 spiro atoms. The fourth-order valence-electron chi connectivity index (χ4n) is 2.13. The van der Waals surface area contributed by atoms with E-state index in [4.69, 9.17) is 10.5 Å². The molecule has 0 aliphatic rings. The van der Waals surface area contributed by atoms with Gasteiger partial charge in [0, 0.05) is 10.9 Å². The van der Waals surface area contributed by atoms with Crippen molar-refractivity contribution in [2.75, 3.05) is 12.3 Å². The van der Waals surface area contributed by atoms with E-state index in [1.54, 1.807) is 11.5 Å². The highest BCUT2D eigenvalue weighted by Crippen LogP contribution is 2.28. The Balaban J connectivity index is 2.63. The van der Waals surface area contributed by atoms with Crippen LogP contribution in [0.5, 0.6) is 0 Å². The largest absolute Gasteiger partial charge is 0.461 e. The lowest BCUT2D eigenvalue weighted by molar-refractivity contribution is 0.0521. The molecule has 2 rings (SSSR count). The van der Waals surface area contributed by atoms with Gasteiger partial charge in [-0.05, 0) is 47.5 Å². The van der Waals surface area contributed by atoms with Crippen LogP contribution in [0.2, 0.25) is 0 Å². The number of carbonyl (C=O) groups excluding carboxylic acids is 1. The zero-order valence-electron chi connectivity index (χ0n) is 12.3. The van der Waals surface area contributed by atoms with E-state index in [1.807, 2.05) is 32.0 Å². The molecule has 0 saturated carbocycles. The molecule has 2 N–H and O–H groups in total. The molecule has 0 bridgehead atoms. The molecule has 112 valence electrons. The first kappa shape index (κ1) is 15.6. The number of hydrogen-bond acceptors (Lipinski definition) is 4. The highest BCUT2D eigenvalue weighted by atomic mass is 79.9. The highest BCUT2D eigenvalue weighted by Gasteiger charge is 2.22. The zero-order valence-corrected chi connectivity index (χ0v) is 13.9. The number of nitrogens with zero attached hydrogens (tertiary/aromatic N) is 2. The van der Waals surface area contributed by atoms with Gasteiger partial charge in [0.05, 0.1) is 12.3 Å². The molecule has 0 aliphatic heterocycles. The fraction of sp³-hybridized carbons (Fsp3) is 0.333. The molecule has 1 aromatic heterocycles. The van der Waals surface area contributed by atoms with E-state index >= 15 is 0 Å². The number of ether oxygens (including phenoxy) is 1. The van der Waals surface area contributed by atoms with Crippen LogP contribution in [0.25, 0.3) is 5.69 Å². The van der Waals surface area contributed by atoms with Gasteiger partial charge in [-0.3, -0.25) is 4.57 Å². The predicted octanol–water partition coefficient (Wildman–Crippen LogP) is 3.26. The molecule has 6 heteroatoms. The third-order valence-electron chi connectivity index (χ3n) is 3.11. The van der Waals surface area contributed by atoms with Gasteiger partial charge in [0.15, 0.2) is 5.69 Å². The van der Waals surface area contributed by atoms with E-state index in [-0.39, 0.29) is 5.69 Å². The van der Waals surface area contributed by atoms with E-state index in [2.05, 4.69) is 20.9 Å². The van der Waals surface area contributed by atoms with Crippen LogP contribution in [0.1, 0.15) is 35.7 Å². The summed E-state index contributed by atoms with van der Waals surface area (Å²) < 4.78 is 7.69. The summed E-state index contributed by atoms with van der Waals surface area (Å²) in [4.78, 5) is 16.3. The summed E-state index contributed by atoms with van der Waals surface area (Å²) in [5, 5.41) is 0. The van der Waals surface area contributed by atoms with Crippen molar-refractivity contribution in [3.8, 4) is 5.69 Å². The minimum atomic E-state index is -0.493. The van der Waals surface area contributed by atoms with Crippen LogP contribution < -0.4 is 5.73 Å². The number of hydrogen-bond donors (Lipinski definition) is 1. The Kier molecular flexibility index (Phi) is 4.67. The minimum absolute atomic E-state index is 0.169. The van der Waals surface area contributed by atoms with Crippen molar-refractivity contribution in [1.29, 1.82) is 0 Å². The first-order chi connectivity index (χ1) is 9.99. The van der Waals surface area contributed by atoms with Crippen LogP contribution in [-0.2, 0) is 11.2 Å². The summed E-state index contributed by atoms with van der Waals surface area (Å²) in [5.41, 5.74) is 8.28. The van der Waals surface area contributed by atoms with Crippen molar-refractivity contribution in [3.05, 3.63) is 39.8 Å². The molecule has 2 aromatic rings. The van der Waals surface area contributed by atoms with Crippen molar-refractivity contribution in [1.82, 2.24) is 9.55 Å². The average Bonchev–Trinajstić information content (AvgIpc) is 2.78. The minimum Gasteiger partial charge on any atom is -0.461 e. The number of anilines is 1. The SMILES string of the molecule is CCOC(=O)c1nc(CC)n(-c2cc(C)ccc2Br)c1N. The number of aromatic nitrogens is 2. The van der Waals surface area contributed by atoms with Crippen LogP contribution in [0.15, 0.2) is 22.7 Å². The quantitative estimate of drug-likeness (QED) is 0.858. The van der Waals surface area contributed by atoms with E-state index < -0.39 is 5.97 Å². The normalized spacial score (nSPS) is 10.7. The molecule has 21 heavy (non-hydrogen) atoms. The summed E-state index contributed by atoms with van der Waals surface area (Å²) in [7, 11) is 0. The van der Waals surface area contributed by atoms with Crippen LogP contribution in [-0.4, -0.2) is 22.1 Å². The van der Waals surface area contributed by atoms with Gasteiger partial charge in [-0.1, -0.05) is 13.0 Å². The van der Waals surface area contributed by atoms with Gasteiger partial charge in [-0.15, -0.1) is 0 Å². The summed E-state index contributed by atoms with van der Waals surface area (Å²) in [6.07, 6.45) is 0.657. The number of rotatable bonds is 4. The maximum absolute atomic E-state index is 11.9. The number of imidazole rings is 1. The molecule has 0 atom stereocenters. The molecule has 5 nitrogen and oxygen atoms in total. The molecule has 0 saturated heterocycles. The van der Waals surface area contributed by atoms with E-state index in [0.717, 1.165) is 21.5 Å². The molecule has 1 heterocycles. The third-order valence-corrected chi connectivity index (χ3v) is 3.78. The van der Waals surface area contributed by atoms with Gasteiger partial charge in [-0.25, -0.2) is 9.78 Å². The smallest absolute Gasteiger partial charge is 0.360 e. The maximum Gasteiger partial charge on any atom is 0.360 e. The van der Waals surface area contributed by atoms with Crippen LogP contribution in [0.4, 0.5) is 5.82 Å². The number of halogens is 1. The average molecular weight is 352 g/mol. The van der Waals surface area contributed by atoms with Crippen LogP contribution in [0.3, 0.4) is 0 Å². The van der Waals surface area contributed by atoms with Crippen LogP contribution >= 0.6 is 15.9 Å². The van der Waals surface area contributed by atoms with E-state index in [1.165, 1.54) is 0 Å². The summed E-state index contributed by atoms with van der Waals surface area (Å²) >= 11 is 3.52. The molecule has 0 unspecified atom stereocenters.